The largest absolute Gasteiger partial charge is 0.295 e. The Labute approximate surface area is 117 Å². The van der Waals surface area contributed by atoms with Crippen LogP contribution in [0, 0.1) is 11.3 Å². The molecule has 0 atom stereocenters. The number of aryl methyl sites for hydroxylation is 1. The second kappa shape index (κ2) is 4.46. The van der Waals surface area contributed by atoms with E-state index < -0.39 is 0 Å². The summed E-state index contributed by atoms with van der Waals surface area (Å²) >= 11 is 0. The predicted molar refractivity (Wildman–Crippen MR) is 71.8 cm³/mol. The third-order valence-electron chi connectivity index (χ3n) is 4.26. The van der Waals surface area contributed by atoms with E-state index in [4.69, 9.17) is 5.26 Å². The van der Waals surface area contributed by atoms with E-state index in [1.165, 1.54) is 17.7 Å². The van der Waals surface area contributed by atoms with Crippen molar-refractivity contribution in [1.29, 1.82) is 5.26 Å². The number of hydrogen-bond donors (Lipinski definition) is 0. The highest BCUT2D eigenvalue weighted by Gasteiger charge is 2.30. The zero-order valence-corrected chi connectivity index (χ0v) is 11.2. The average molecular weight is 268 g/mol. The lowest BCUT2D eigenvalue weighted by atomic mass is 10.1. The van der Waals surface area contributed by atoms with Crippen LogP contribution in [0.1, 0.15) is 29.3 Å². The molecule has 2 aromatic heterocycles. The maximum absolute atomic E-state index is 8.81. The zero-order chi connectivity index (χ0) is 13.5. The Bertz CT molecular complexity index is 670. The van der Waals surface area contributed by atoms with Gasteiger partial charge in [0.05, 0.1) is 24.0 Å². The molecule has 0 amide bonds. The first-order valence-electron chi connectivity index (χ1n) is 7.03. The van der Waals surface area contributed by atoms with Crippen LogP contribution in [0.15, 0.2) is 18.6 Å². The van der Waals surface area contributed by atoms with Gasteiger partial charge in [-0.3, -0.25) is 14.3 Å². The summed E-state index contributed by atoms with van der Waals surface area (Å²) in [5, 5.41) is 17.5. The normalized spacial score (nSPS) is 18.8. The van der Waals surface area contributed by atoms with Crippen LogP contribution in [0.5, 0.6) is 0 Å². The van der Waals surface area contributed by atoms with E-state index in [1.54, 1.807) is 6.20 Å². The topological polar surface area (TPSA) is 62.7 Å². The van der Waals surface area contributed by atoms with E-state index in [0.717, 1.165) is 32.6 Å². The minimum Gasteiger partial charge on any atom is -0.295 e. The molecule has 0 radical (unpaired) electrons. The third-order valence-corrected chi connectivity index (χ3v) is 4.26. The maximum Gasteiger partial charge on any atom is 0.102 e. The van der Waals surface area contributed by atoms with Gasteiger partial charge < -0.3 is 0 Å². The molecule has 102 valence electrons. The Balaban J connectivity index is 1.38. The van der Waals surface area contributed by atoms with Crippen LogP contribution in [0.3, 0.4) is 0 Å². The van der Waals surface area contributed by atoms with Gasteiger partial charge in [0.2, 0.25) is 0 Å². The van der Waals surface area contributed by atoms with Crippen LogP contribution >= 0.6 is 0 Å². The first-order chi connectivity index (χ1) is 9.83. The molecule has 6 nitrogen and oxygen atoms in total. The van der Waals surface area contributed by atoms with Crippen molar-refractivity contribution in [1.82, 2.24) is 24.5 Å². The summed E-state index contributed by atoms with van der Waals surface area (Å²) in [7, 11) is 0. The maximum atomic E-state index is 8.81. The summed E-state index contributed by atoms with van der Waals surface area (Å²) in [6.45, 7) is 4.05. The van der Waals surface area contributed by atoms with Crippen LogP contribution in [0.4, 0.5) is 0 Å². The van der Waals surface area contributed by atoms with Crippen molar-refractivity contribution in [3.63, 3.8) is 0 Å². The van der Waals surface area contributed by atoms with Crippen molar-refractivity contribution < 1.29 is 0 Å². The number of fused-ring (bicyclic) bond motifs is 1. The Kier molecular flexibility index (Phi) is 2.60. The minimum absolute atomic E-state index is 0.403. The van der Waals surface area contributed by atoms with Gasteiger partial charge in [-0.15, -0.1) is 0 Å². The van der Waals surface area contributed by atoms with E-state index in [1.807, 2.05) is 17.1 Å². The molecule has 0 aliphatic carbocycles. The van der Waals surface area contributed by atoms with Crippen LogP contribution in [-0.4, -0.2) is 37.6 Å². The van der Waals surface area contributed by atoms with E-state index in [2.05, 4.69) is 25.8 Å². The lowest BCUT2D eigenvalue weighted by molar-refractivity contribution is 0.0906. The van der Waals surface area contributed by atoms with Crippen molar-refractivity contribution >= 4 is 0 Å². The number of nitrogens with zero attached hydrogens (tertiary/aromatic N) is 6. The van der Waals surface area contributed by atoms with Crippen molar-refractivity contribution in [2.45, 2.75) is 32.0 Å². The van der Waals surface area contributed by atoms with Gasteiger partial charge in [-0.25, -0.2) is 0 Å². The van der Waals surface area contributed by atoms with Crippen LogP contribution < -0.4 is 0 Å². The van der Waals surface area contributed by atoms with Crippen molar-refractivity contribution in [3.05, 3.63) is 35.4 Å². The molecule has 4 rings (SSSR count). The summed E-state index contributed by atoms with van der Waals surface area (Å²) in [6.07, 6.45) is 7.87. The Morgan fingerprint density at radius 2 is 2.20 bits per heavy atom. The molecular formula is C14H16N6. The zero-order valence-electron chi connectivity index (χ0n) is 11.2. The van der Waals surface area contributed by atoms with E-state index >= 15 is 0 Å². The molecule has 0 spiro atoms. The quantitative estimate of drug-likeness (QED) is 0.831. The molecule has 0 N–H and O–H groups in total. The van der Waals surface area contributed by atoms with E-state index in [-0.39, 0.29) is 0 Å². The molecule has 0 unspecified atom stereocenters. The minimum atomic E-state index is 0.403. The average Bonchev–Trinajstić information content (AvgIpc) is 3.10. The fourth-order valence-corrected chi connectivity index (χ4v) is 3.14. The Hall–Kier alpha value is -2.13. The van der Waals surface area contributed by atoms with Gasteiger partial charge in [0.15, 0.2) is 0 Å². The van der Waals surface area contributed by atoms with Crippen molar-refractivity contribution in [2.24, 2.45) is 0 Å². The highest BCUT2D eigenvalue weighted by atomic mass is 15.4. The molecule has 20 heavy (non-hydrogen) atoms. The molecule has 1 saturated heterocycles. The van der Waals surface area contributed by atoms with Crippen molar-refractivity contribution in [3.8, 4) is 6.07 Å². The molecule has 0 aromatic carbocycles. The summed E-state index contributed by atoms with van der Waals surface area (Å²) in [5.41, 5.74) is 3.43. The second-order valence-corrected chi connectivity index (χ2v) is 5.61. The smallest absolute Gasteiger partial charge is 0.102 e. The van der Waals surface area contributed by atoms with Crippen LogP contribution in [0.2, 0.25) is 0 Å². The first-order valence-corrected chi connectivity index (χ1v) is 7.03. The van der Waals surface area contributed by atoms with Gasteiger partial charge in [0, 0.05) is 43.6 Å². The van der Waals surface area contributed by atoms with Crippen molar-refractivity contribution in [2.75, 3.05) is 13.1 Å². The van der Waals surface area contributed by atoms with E-state index in [9.17, 15) is 0 Å². The number of likely N-dealkylation sites (tertiary alicyclic amines) is 1. The standard InChI is InChI=1S/C14H16N6/c15-4-11-5-16-20(7-11)13-9-18(10-13)8-12-6-17-19-3-1-2-14(12)19/h5-7,13H,1-3,8-10H2. The molecule has 2 aromatic rings. The molecule has 0 saturated carbocycles. The van der Waals surface area contributed by atoms with Crippen LogP contribution in [-0.2, 0) is 19.5 Å². The second-order valence-electron chi connectivity index (χ2n) is 5.61. The summed E-state index contributed by atoms with van der Waals surface area (Å²) in [6, 6.07) is 2.52. The molecule has 0 bridgehead atoms. The highest BCUT2D eigenvalue weighted by molar-refractivity contribution is 5.23. The first kappa shape index (κ1) is 11.7. The summed E-state index contributed by atoms with van der Waals surface area (Å²) in [4.78, 5) is 2.41. The van der Waals surface area contributed by atoms with Gasteiger partial charge in [-0.1, -0.05) is 0 Å². The predicted octanol–water partition coefficient (Wildman–Crippen LogP) is 0.954. The number of rotatable bonds is 3. The molecule has 2 aliphatic heterocycles. The summed E-state index contributed by atoms with van der Waals surface area (Å²) < 4.78 is 4.05. The lowest BCUT2D eigenvalue weighted by Crippen LogP contribution is -2.47. The van der Waals surface area contributed by atoms with Gasteiger partial charge in [0.25, 0.3) is 0 Å². The fraction of sp³-hybridized carbons (Fsp3) is 0.500. The molecule has 2 aliphatic rings. The van der Waals surface area contributed by atoms with Gasteiger partial charge in [-0.05, 0) is 12.8 Å². The Morgan fingerprint density at radius 1 is 1.30 bits per heavy atom. The van der Waals surface area contributed by atoms with E-state index in [0.29, 0.717) is 11.6 Å². The number of nitriles is 1. The lowest BCUT2D eigenvalue weighted by Gasteiger charge is -2.39. The van der Waals surface area contributed by atoms with Crippen LogP contribution in [0.25, 0.3) is 0 Å². The third kappa shape index (κ3) is 1.82. The van der Waals surface area contributed by atoms with Gasteiger partial charge in [-0.2, -0.15) is 15.5 Å². The van der Waals surface area contributed by atoms with Gasteiger partial charge in [0.1, 0.15) is 6.07 Å². The summed E-state index contributed by atoms with van der Waals surface area (Å²) in [5.74, 6) is 0. The highest BCUT2D eigenvalue weighted by Crippen LogP contribution is 2.25. The molecule has 4 heterocycles. The number of aromatic nitrogens is 4. The molecule has 1 fully saturated rings. The monoisotopic (exact) mass is 268 g/mol. The van der Waals surface area contributed by atoms with Gasteiger partial charge >= 0.3 is 0 Å². The fourth-order valence-electron chi connectivity index (χ4n) is 3.14. The number of hydrogen-bond acceptors (Lipinski definition) is 4. The Morgan fingerprint density at radius 3 is 3.00 bits per heavy atom. The molecular weight excluding hydrogens is 252 g/mol. The SMILES string of the molecule is N#Cc1cnn(C2CN(Cc3cnn4c3CCC4)C2)c1. The molecule has 6 heteroatoms.